The Kier molecular flexibility index (Phi) is 5.03. The molecule has 2 amide bonds. The highest BCUT2D eigenvalue weighted by Crippen LogP contribution is 2.20. The lowest BCUT2D eigenvalue weighted by molar-refractivity contribution is -0.385. The third kappa shape index (κ3) is 4.13. The van der Waals surface area contributed by atoms with Gasteiger partial charge < -0.3 is 10.6 Å². The molecule has 0 aromatic heterocycles. The van der Waals surface area contributed by atoms with Crippen molar-refractivity contribution < 1.29 is 14.5 Å². The normalized spacial score (nSPS) is 9.96. The molecule has 0 atom stereocenters. The molecule has 0 spiro atoms. The van der Waals surface area contributed by atoms with Gasteiger partial charge in [0.05, 0.1) is 4.92 Å². The number of rotatable bonds is 5. The summed E-state index contributed by atoms with van der Waals surface area (Å²) in [6, 6.07) is 12.2. The lowest BCUT2D eigenvalue weighted by Gasteiger charge is -2.07. The van der Waals surface area contributed by atoms with Gasteiger partial charge in [0.2, 0.25) is 5.91 Å². The van der Waals surface area contributed by atoms with Crippen LogP contribution in [0.5, 0.6) is 0 Å². The van der Waals surface area contributed by atoms with Gasteiger partial charge in [-0.3, -0.25) is 19.7 Å². The van der Waals surface area contributed by atoms with Crippen LogP contribution in [0.3, 0.4) is 0 Å². The average molecular weight is 313 g/mol. The van der Waals surface area contributed by atoms with E-state index in [9.17, 15) is 19.7 Å². The number of carbonyl (C=O) groups excluding carboxylic acids is 2. The molecular weight excluding hydrogens is 298 g/mol. The maximum atomic E-state index is 12.2. The van der Waals surface area contributed by atoms with E-state index in [1.165, 1.54) is 18.2 Å². The smallest absolute Gasteiger partial charge is 0.282 e. The zero-order chi connectivity index (χ0) is 16.8. The van der Waals surface area contributed by atoms with E-state index in [0.29, 0.717) is 17.8 Å². The molecule has 2 aromatic carbocycles. The van der Waals surface area contributed by atoms with Crippen LogP contribution in [0.25, 0.3) is 0 Å². The molecular formula is C16H15N3O4. The first kappa shape index (κ1) is 16.2. The second-order valence-electron chi connectivity index (χ2n) is 4.71. The standard InChI is InChI=1S/C16H15N3O4/c1-2-15(20)17-11-7-9-12(10-8-11)18-16(21)13-5-3-4-6-14(13)19(22)23/h3-10H,2H2,1H3,(H,17,20)(H,18,21). The molecule has 0 fully saturated rings. The zero-order valence-corrected chi connectivity index (χ0v) is 12.4. The van der Waals surface area contributed by atoms with Gasteiger partial charge in [0.25, 0.3) is 11.6 Å². The number of nitro benzene ring substituents is 1. The number of amides is 2. The van der Waals surface area contributed by atoms with E-state index >= 15 is 0 Å². The quantitative estimate of drug-likeness (QED) is 0.653. The highest BCUT2D eigenvalue weighted by Gasteiger charge is 2.19. The van der Waals surface area contributed by atoms with Gasteiger partial charge in [-0.15, -0.1) is 0 Å². The summed E-state index contributed by atoms with van der Waals surface area (Å²) in [5.41, 5.74) is 0.820. The molecule has 0 heterocycles. The summed E-state index contributed by atoms with van der Waals surface area (Å²) in [4.78, 5) is 33.8. The minimum Gasteiger partial charge on any atom is -0.326 e. The summed E-state index contributed by atoms with van der Waals surface area (Å²) in [5.74, 6) is -0.677. The fraction of sp³-hybridized carbons (Fsp3) is 0.125. The van der Waals surface area contributed by atoms with Crippen LogP contribution in [0.15, 0.2) is 48.5 Å². The van der Waals surface area contributed by atoms with E-state index < -0.39 is 10.8 Å². The third-order valence-corrected chi connectivity index (χ3v) is 3.09. The first-order valence-corrected chi connectivity index (χ1v) is 6.96. The van der Waals surface area contributed by atoms with Gasteiger partial charge in [-0.25, -0.2) is 0 Å². The van der Waals surface area contributed by atoms with Crippen molar-refractivity contribution in [1.82, 2.24) is 0 Å². The molecule has 0 saturated carbocycles. The lowest BCUT2D eigenvalue weighted by Crippen LogP contribution is -2.14. The van der Waals surface area contributed by atoms with Crippen molar-refractivity contribution in [3.8, 4) is 0 Å². The topological polar surface area (TPSA) is 101 Å². The van der Waals surface area contributed by atoms with Crippen LogP contribution in [-0.2, 0) is 4.79 Å². The second kappa shape index (κ2) is 7.17. The Morgan fingerprint density at radius 2 is 1.57 bits per heavy atom. The van der Waals surface area contributed by atoms with Crippen molar-refractivity contribution in [3.63, 3.8) is 0 Å². The van der Waals surface area contributed by atoms with E-state index in [2.05, 4.69) is 10.6 Å². The summed E-state index contributed by atoms with van der Waals surface area (Å²) < 4.78 is 0. The van der Waals surface area contributed by atoms with Crippen LogP contribution in [-0.4, -0.2) is 16.7 Å². The van der Waals surface area contributed by atoms with E-state index in [0.717, 1.165) is 0 Å². The van der Waals surface area contributed by atoms with Crippen molar-refractivity contribution in [2.45, 2.75) is 13.3 Å². The zero-order valence-electron chi connectivity index (χ0n) is 12.4. The predicted octanol–water partition coefficient (Wildman–Crippen LogP) is 3.20. The van der Waals surface area contributed by atoms with Crippen LogP contribution in [0.4, 0.5) is 17.1 Å². The minimum absolute atomic E-state index is 0.0131. The SMILES string of the molecule is CCC(=O)Nc1ccc(NC(=O)c2ccccc2[N+](=O)[O-])cc1. The maximum Gasteiger partial charge on any atom is 0.282 e. The molecule has 0 unspecified atom stereocenters. The van der Waals surface area contributed by atoms with Gasteiger partial charge in [-0.2, -0.15) is 0 Å². The van der Waals surface area contributed by atoms with Gasteiger partial charge in [-0.1, -0.05) is 19.1 Å². The van der Waals surface area contributed by atoms with Crippen LogP contribution in [0.2, 0.25) is 0 Å². The highest BCUT2D eigenvalue weighted by molar-refractivity contribution is 6.07. The Hall–Kier alpha value is -3.22. The van der Waals surface area contributed by atoms with Gasteiger partial charge in [0, 0.05) is 23.9 Å². The van der Waals surface area contributed by atoms with E-state index in [1.54, 1.807) is 37.3 Å². The fourth-order valence-corrected chi connectivity index (χ4v) is 1.91. The molecule has 2 rings (SSSR count). The number of hydrogen-bond acceptors (Lipinski definition) is 4. The van der Waals surface area contributed by atoms with Crippen LogP contribution in [0.1, 0.15) is 23.7 Å². The molecule has 0 bridgehead atoms. The average Bonchev–Trinajstić information content (AvgIpc) is 2.56. The first-order valence-electron chi connectivity index (χ1n) is 6.96. The molecule has 2 aromatic rings. The molecule has 2 N–H and O–H groups in total. The number of anilines is 2. The molecule has 23 heavy (non-hydrogen) atoms. The molecule has 0 aliphatic heterocycles. The first-order chi connectivity index (χ1) is 11.0. The van der Waals surface area contributed by atoms with Crippen molar-refractivity contribution >= 4 is 28.9 Å². The number of benzene rings is 2. The van der Waals surface area contributed by atoms with E-state index in [4.69, 9.17) is 0 Å². The second-order valence-corrected chi connectivity index (χ2v) is 4.71. The number of hydrogen-bond donors (Lipinski definition) is 2. The number of nitrogens with zero attached hydrogens (tertiary/aromatic N) is 1. The highest BCUT2D eigenvalue weighted by atomic mass is 16.6. The van der Waals surface area contributed by atoms with E-state index in [1.807, 2.05) is 0 Å². The number of nitro groups is 1. The van der Waals surface area contributed by atoms with E-state index in [-0.39, 0.29) is 17.2 Å². The van der Waals surface area contributed by atoms with Gasteiger partial charge in [0.1, 0.15) is 5.56 Å². The Bertz CT molecular complexity index is 741. The molecule has 0 aliphatic rings. The molecule has 118 valence electrons. The Morgan fingerprint density at radius 3 is 2.13 bits per heavy atom. The molecule has 0 aliphatic carbocycles. The maximum absolute atomic E-state index is 12.2. The molecule has 7 heteroatoms. The summed E-state index contributed by atoms with van der Waals surface area (Å²) in [6.07, 6.45) is 0.371. The molecule has 7 nitrogen and oxygen atoms in total. The number of nitrogens with one attached hydrogen (secondary N) is 2. The lowest BCUT2D eigenvalue weighted by atomic mass is 10.1. The Balaban J connectivity index is 2.12. The van der Waals surface area contributed by atoms with Crippen LogP contribution < -0.4 is 10.6 Å². The summed E-state index contributed by atoms with van der Waals surface area (Å²) in [5, 5.41) is 16.2. The third-order valence-electron chi connectivity index (χ3n) is 3.09. The monoisotopic (exact) mass is 313 g/mol. The largest absolute Gasteiger partial charge is 0.326 e. The number of carbonyl (C=O) groups is 2. The molecule has 0 radical (unpaired) electrons. The van der Waals surface area contributed by atoms with Crippen molar-refractivity contribution in [2.75, 3.05) is 10.6 Å². The van der Waals surface area contributed by atoms with Gasteiger partial charge in [-0.05, 0) is 30.3 Å². The minimum atomic E-state index is -0.599. The van der Waals surface area contributed by atoms with Crippen molar-refractivity contribution in [3.05, 3.63) is 64.2 Å². The fourth-order valence-electron chi connectivity index (χ4n) is 1.91. The van der Waals surface area contributed by atoms with Crippen LogP contribution in [0, 0.1) is 10.1 Å². The predicted molar refractivity (Wildman–Crippen MR) is 86.4 cm³/mol. The van der Waals surface area contributed by atoms with Gasteiger partial charge in [0.15, 0.2) is 0 Å². The van der Waals surface area contributed by atoms with Crippen molar-refractivity contribution in [2.24, 2.45) is 0 Å². The molecule has 0 saturated heterocycles. The number of para-hydroxylation sites is 1. The summed E-state index contributed by atoms with van der Waals surface area (Å²) in [7, 11) is 0. The Labute approximate surface area is 132 Å². The summed E-state index contributed by atoms with van der Waals surface area (Å²) in [6.45, 7) is 1.75. The Morgan fingerprint density at radius 1 is 1.00 bits per heavy atom. The van der Waals surface area contributed by atoms with Crippen molar-refractivity contribution in [1.29, 1.82) is 0 Å². The van der Waals surface area contributed by atoms with Crippen LogP contribution >= 0.6 is 0 Å². The van der Waals surface area contributed by atoms with Gasteiger partial charge >= 0.3 is 0 Å². The summed E-state index contributed by atoms with van der Waals surface area (Å²) >= 11 is 0.